The highest BCUT2D eigenvalue weighted by Gasteiger charge is 2.21. The first-order chi connectivity index (χ1) is 5.72. The third-order valence-electron chi connectivity index (χ3n) is 2.56. The number of rotatable bonds is 0. The fraction of sp³-hybridized carbons (Fsp3) is 0.800. The number of hydrogen-bond acceptors (Lipinski definition) is 2. The zero-order valence-electron chi connectivity index (χ0n) is 7.64. The van der Waals surface area contributed by atoms with Gasteiger partial charge in [0.05, 0.1) is 5.92 Å². The molecule has 0 spiro atoms. The van der Waals surface area contributed by atoms with Crippen LogP contribution in [0.2, 0.25) is 0 Å². The van der Waals surface area contributed by atoms with Crippen LogP contribution in [0.25, 0.3) is 0 Å². The van der Waals surface area contributed by atoms with E-state index < -0.39 is 0 Å². The van der Waals surface area contributed by atoms with Gasteiger partial charge in [0.1, 0.15) is 11.6 Å². The first-order valence-corrected chi connectivity index (χ1v) is 4.77. The molecule has 0 atom stereocenters. The largest absolute Gasteiger partial charge is 0.299 e. The molecule has 0 bridgehead atoms. The molecule has 1 rings (SSSR count). The lowest BCUT2D eigenvalue weighted by atomic mass is 9.96. The van der Waals surface area contributed by atoms with Crippen LogP contribution in [0, 0.1) is 5.92 Å². The van der Waals surface area contributed by atoms with Crippen LogP contribution in [0.15, 0.2) is 0 Å². The van der Waals surface area contributed by atoms with E-state index in [9.17, 15) is 9.59 Å². The summed E-state index contributed by atoms with van der Waals surface area (Å²) in [4.78, 5) is 22.6. The predicted molar refractivity (Wildman–Crippen MR) is 46.9 cm³/mol. The quantitative estimate of drug-likeness (QED) is 0.519. The summed E-state index contributed by atoms with van der Waals surface area (Å²) in [5.41, 5.74) is 0. The minimum atomic E-state index is -0.330. The van der Waals surface area contributed by atoms with Gasteiger partial charge < -0.3 is 0 Å². The van der Waals surface area contributed by atoms with Gasteiger partial charge in [0, 0.05) is 12.8 Å². The zero-order chi connectivity index (χ0) is 8.97. The molecule has 1 saturated carbocycles. The Morgan fingerprint density at radius 2 is 1.33 bits per heavy atom. The van der Waals surface area contributed by atoms with E-state index in [1.807, 2.05) is 0 Å². The van der Waals surface area contributed by atoms with Crippen molar-refractivity contribution < 1.29 is 9.59 Å². The molecule has 0 aromatic rings. The molecule has 0 aromatic carbocycles. The van der Waals surface area contributed by atoms with E-state index in [2.05, 4.69) is 0 Å². The van der Waals surface area contributed by atoms with Crippen LogP contribution in [0.1, 0.15) is 45.4 Å². The SMILES string of the molecule is CC1C(=O)CCCCCCC1=O. The molecule has 0 aliphatic heterocycles. The maximum Gasteiger partial charge on any atom is 0.143 e. The van der Waals surface area contributed by atoms with Crippen molar-refractivity contribution in [1.29, 1.82) is 0 Å². The van der Waals surface area contributed by atoms with Crippen molar-refractivity contribution in [3.8, 4) is 0 Å². The van der Waals surface area contributed by atoms with Crippen LogP contribution in [-0.4, -0.2) is 11.6 Å². The van der Waals surface area contributed by atoms with Gasteiger partial charge in [-0.3, -0.25) is 9.59 Å². The number of carbonyl (C=O) groups excluding carboxylic acids is 2. The maximum absolute atomic E-state index is 11.3. The number of ketones is 2. The Hall–Kier alpha value is -0.660. The van der Waals surface area contributed by atoms with E-state index in [1.54, 1.807) is 6.92 Å². The van der Waals surface area contributed by atoms with Crippen molar-refractivity contribution in [3.05, 3.63) is 0 Å². The van der Waals surface area contributed by atoms with Crippen molar-refractivity contribution in [2.75, 3.05) is 0 Å². The summed E-state index contributed by atoms with van der Waals surface area (Å²) in [6.07, 6.45) is 5.35. The van der Waals surface area contributed by atoms with E-state index in [0.29, 0.717) is 12.8 Å². The Morgan fingerprint density at radius 3 is 1.75 bits per heavy atom. The van der Waals surface area contributed by atoms with Crippen molar-refractivity contribution in [2.45, 2.75) is 45.4 Å². The number of hydrogen-bond donors (Lipinski definition) is 0. The standard InChI is InChI=1S/C10H16O2/c1-8-9(11)6-4-2-3-5-7-10(8)12/h8H,2-7H2,1H3. The van der Waals surface area contributed by atoms with E-state index in [-0.39, 0.29) is 17.5 Å². The van der Waals surface area contributed by atoms with Gasteiger partial charge >= 0.3 is 0 Å². The lowest BCUT2D eigenvalue weighted by molar-refractivity contribution is -0.131. The molecule has 0 amide bonds. The van der Waals surface area contributed by atoms with Crippen molar-refractivity contribution in [2.24, 2.45) is 5.92 Å². The van der Waals surface area contributed by atoms with Gasteiger partial charge in [-0.2, -0.15) is 0 Å². The molecule has 2 heteroatoms. The molecule has 1 fully saturated rings. The summed E-state index contributed by atoms with van der Waals surface area (Å²) in [6, 6.07) is 0. The van der Waals surface area contributed by atoms with E-state index in [4.69, 9.17) is 0 Å². The van der Waals surface area contributed by atoms with Gasteiger partial charge in [-0.15, -0.1) is 0 Å². The maximum atomic E-state index is 11.3. The molecule has 0 N–H and O–H groups in total. The minimum absolute atomic E-state index is 0.141. The monoisotopic (exact) mass is 168 g/mol. The van der Waals surface area contributed by atoms with Gasteiger partial charge in [-0.25, -0.2) is 0 Å². The van der Waals surface area contributed by atoms with Gasteiger partial charge in [0.25, 0.3) is 0 Å². The summed E-state index contributed by atoms with van der Waals surface area (Å²) in [5, 5.41) is 0. The smallest absolute Gasteiger partial charge is 0.143 e. The molecule has 2 nitrogen and oxygen atoms in total. The van der Waals surface area contributed by atoms with Gasteiger partial charge in [0.2, 0.25) is 0 Å². The van der Waals surface area contributed by atoms with Gasteiger partial charge in [-0.1, -0.05) is 12.8 Å². The Kier molecular flexibility index (Phi) is 3.45. The summed E-state index contributed by atoms with van der Waals surface area (Å²) in [5.74, 6) is -0.0492. The summed E-state index contributed by atoms with van der Waals surface area (Å²) in [6.45, 7) is 1.75. The van der Waals surface area contributed by atoms with Gasteiger partial charge in [0.15, 0.2) is 0 Å². The second-order valence-corrected chi connectivity index (χ2v) is 3.57. The van der Waals surface area contributed by atoms with Crippen LogP contribution in [0.4, 0.5) is 0 Å². The molecule has 1 aliphatic rings. The van der Waals surface area contributed by atoms with Gasteiger partial charge in [-0.05, 0) is 19.8 Å². The highest BCUT2D eigenvalue weighted by atomic mass is 16.1. The minimum Gasteiger partial charge on any atom is -0.299 e. The van der Waals surface area contributed by atoms with Crippen LogP contribution >= 0.6 is 0 Å². The lowest BCUT2D eigenvalue weighted by Gasteiger charge is -2.05. The lowest BCUT2D eigenvalue weighted by Crippen LogP contribution is -2.19. The Morgan fingerprint density at radius 1 is 0.917 bits per heavy atom. The van der Waals surface area contributed by atoms with Crippen LogP contribution in [-0.2, 0) is 9.59 Å². The predicted octanol–water partition coefficient (Wildman–Crippen LogP) is 2.11. The number of Topliss-reactive ketones (excluding diaryl/α,β-unsaturated/α-hetero) is 2. The molecule has 0 aromatic heterocycles. The first-order valence-electron chi connectivity index (χ1n) is 4.77. The number of carbonyl (C=O) groups is 2. The molecule has 0 unspecified atom stereocenters. The molecule has 0 heterocycles. The molecule has 68 valence electrons. The van der Waals surface area contributed by atoms with Crippen LogP contribution in [0.5, 0.6) is 0 Å². The van der Waals surface area contributed by atoms with E-state index >= 15 is 0 Å². The van der Waals surface area contributed by atoms with E-state index in [0.717, 1.165) is 25.7 Å². The third-order valence-corrected chi connectivity index (χ3v) is 2.56. The normalized spacial score (nSPS) is 23.1. The van der Waals surface area contributed by atoms with Crippen LogP contribution < -0.4 is 0 Å². The summed E-state index contributed by atoms with van der Waals surface area (Å²) < 4.78 is 0. The Bertz CT molecular complexity index is 164. The zero-order valence-corrected chi connectivity index (χ0v) is 7.64. The van der Waals surface area contributed by atoms with Crippen molar-refractivity contribution >= 4 is 11.6 Å². The third kappa shape index (κ3) is 2.43. The summed E-state index contributed by atoms with van der Waals surface area (Å²) >= 11 is 0. The highest BCUT2D eigenvalue weighted by Crippen LogP contribution is 2.15. The highest BCUT2D eigenvalue weighted by molar-refractivity contribution is 6.01. The average Bonchev–Trinajstić information content (AvgIpc) is 2.12. The Labute approximate surface area is 73.3 Å². The van der Waals surface area contributed by atoms with Crippen molar-refractivity contribution in [3.63, 3.8) is 0 Å². The molecule has 0 radical (unpaired) electrons. The first kappa shape index (κ1) is 9.43. The van der Waals surface area contributed by atoms with Crippen LogP contribution in [0.3, 0.4) is 0 Å². The molecule has 12 heavy (non-hydrogen) atoms. The topological polar surface area (TPSA) is 34.1 Å². The average molecular weight is 168 g/mol. The fourth-order valence-corrected chi connectivity index (χ4v) is 1.56. The van der Waals surface area contributed by atoms with Crippen molar-refractivity contribution in [1.82, 2.24) is 0 Å². The molecular formula is C10H16O2. The van der Waals surface area contributed by atoms with E-state index in [1.165, 1.54) is 0 Å². The molecular weight excluding hydrogens is 152 g/mol. The summed E-state index contributed by atoms with van der Waals surface area (Å²) in [7, 11) is 0. The molecule has 0 saturated heterocycles. The molecule has 1 aliphatic carbocycles. The fourth-order valence-electron chi connectivity index (χ4n) is 1.56. The second-order valence-electron chi connectivity index (χ2n) is 3.57. The Balaban J connectivity index is 2.56. The second kappa shape index (κ2) is 4.39.